The number of nitrogens with zero attached hydrogens (tertiary/aromatic N) is 3. The van der Waals surface area contributed by atoms with Gasteiger partial charge in [-0.15, -0.1) is 11.3 Å². The van der Waals surface area contributed by atoms with Crippen molar-refractivity contribution in [1.29, 1.82) is 0 Å². The molecule has 3 rings (SSSR count). The summed E-state index contributed by atoms with van der Waals surface area (Å²) in [6.45, 7) is 0.425. The summed E-state index contributed by atoms with van der Waals surface area (Å²) in [7, 11) is 0. The Labute approximate surface area is 125 Å². The van der Waals surface area contributed by atoms with Crippen LogP contribution in [0.5, 0.6) is 5.75 Å². The molecule has 3 N–H and O–H groups in total. The average molecular weight is 302 g/mol. The molecule has 21 heavy (non-hydrogen) atoms. The zero-order chi connectivity index (χ0) is 14.7. The molecular weight excluding hydrogens is 288 g/mol. The molecule has 0 saturated carbocycles. The molecule has 0 radical (unpaired) electrons. The van der Waals surface area contributed by atoms with E-state index in [0.717, 1.165) is 22.0 Å². The van der Waals surface area contributed by atoms with Crippen LogP contribution in [0.4, 0.5) is 0 Å². The van der Waals surface area contributed by atoms with Gasteiger partial charge in [0.05, 0.1) is 5.69 Å². The van der Waals surface area contributed by atoms with E-state index in [4.69, 9.17) is 15.7 Å². The lowest BCUT2D eigenvalue weighted by atomic mass is 10.1. The predicted molar refractivity (Wildman–Crippen MR) is 81.0 cm³/mol. The standard InChI is InChI=1S/C14H14N4O2S/c15-13(17-19)7-10-1-3-12(4-2-10)20-9-11-8-18-5-6-21-14(18)16-11/h1-6,8,19H,7,9H2,(H2,15,17). The highest BCUT2D eigenvalue weighted by Crippen LogP contribution is 2.16. The molecule has 3 aromatic rings. The quantitative estimate of drug-likeness (QED) is 0.328. The van der Waals surface area contributed by atoms with Crippen molar-refractivity contribution >= 4 is 22.1 Å². The van der Waals surface area contributed by atoms with Gasteiger partial charge in [-0.25, -0.2) is 4.98 Å². The molecule has 2 heterocycles. The Morgan fingerprint density at radius 3 is 2.90 bits per heavy atom. The first-order valence-electron chi connectivity index (χ1n) is 6.34. The number of fused-ring (bicyclic) bond motifs is 1. The maximum atomic E-state index is 8.53. The van der Waals surface area contributed by atoms with Crippen LogP contribution in [0.3, 0.4) is 0 Å². The van der Waals surface area contributed by atoms with Crippen molar-refractivity contribution in [3.8, 4) is 5.75 Å². The molecule has 2 aromatic heterocycles. The van der Waals surface area contributed by atoms with Crippen LogP contribution < -0.4 is 10.5 Å². The van der Waals surface area contributed by atoms with Crippen molar-refractivity contribution in [1.82, 2.24) is 9.38 Å². The van der Waals surface area contributed by atoms with Gasteiger partial charge in [0.15, 0.2) is 4.96 Å². The summed E-state index contributed by atoms with van der Waals surface area (Å²) in [5, 5.41) is 13.5. The SMILES string of the molecule is N/C(Cc1ccc(OCc2cn3ccsc3n2)cc1)=N/O. The van der Waals surface area contributed by atoms with E-state index in [1.807, 2.05) is 46.4 Å². The van der Waals surface area contributed by atoms with E-state index in [0.29, 0.717) is 13.0 Å². The molecule has 7 heteroatoms. The normalized spacial score (nSPS) is 11.9. The number of rotatable bonds is 5. The molecule has 0 atom stereocenters. The molecule has 0 bridgehead atoms. The molecule has 0 aliphatic heterocycles. The van der Waals surface area contributed by atoms with Gasteiger partial charge >= 0.3 is 0 Å². The van der Waals surface area contributed by atoms with E-state index in [-0.39, 0.29) is 5.84 Å². The molecule has 1 aromatic carbocycles. The second kappa shape index (κ2) is 5.84. The second-order valence-corrected chi connectivity index (χ2v) is 5.40. The van der Waals surface area contributed by atoms with Crippen molar-refractivity contribution in [2.75, 3.05) is 0 Å². The maximum Gasteiger partial charge on any atom is 0.193 e. The number of amidine groups is 1. The first-order chi connectivity index (χ1) is 10.2. The van der Waals surface area contributed by atoms with Gasteiger partial charge in [0, 0.05) is 24.2 Å². The third-order valence-corrected chi connectivity index (χ3v) is 3.74. The van der Waals surface area contributed by atoms with E-state index >= 15 is 0 Å². The average Bonchev–Trinajstić information content (AvgIpc) is 3.07. The Morgan fingerprint density at radius 1 is 1.38 bits per heavy atom. The van der Waals surface area contributed by atoms with E-state index < -0.39 is 0 Å². The Hall–Kier alpha value is -2.54. The van der Waals surface area contributed by atoms with E-state index in [1.165, 1.54) is 0 Å². The highest BCUT2D eigenvalue weighted by atomic mass is 32.1. The van der Waals surface area contributed by atoms with Gasteiger partial charge in [-0.3, -0.25) is 4.40 Å². The van der Waals surface area contributed by atoms with Gasteiger partial charge < -0.3 is 15.7 Å². The number of ether oxygens (including phenoxy) is 1. The molecule has 0 amide bonds. The number of imidazole rings is 1. The van der Waals surface area contributed by atoms with Gasteiger partial charge in [0.1, 0.15) is 18.2 Å². The number of hydrogen-bond donors (Lipinski definition) is 2. The van der Waals surface area contributed by atoms with Crippen molar-refractivity contribution in [3.63, 3.8) is 0 Å². The number of nitrogens with two attached hydrogens (primary N) is 1. The maximum absolute atomic E-state index is 8.53. The highest BCUT2D eigenvalue weighted by molar-refractivity contribution is 7.15. The number of oxime groups is 1. The summed E-state index contributed by atoms with van der Waals surface area (Å²) in [6.07, 6.45) is 4.34. The van der Waals surface area contributed by atoms with Crippen LogP contribution in [0, 0.1) is 0 Å². The van der Waals surface area contributed by atoms with Gasteiger partial charge in [0.25, 0.3) is 0 Å². The van der Waals surface area contributed by atoms with Crippen LogP contribution in [0.1, 0.15) is 11.3 Å². The minimum Gasteiger partial charge on any atom is -0.487 e. The third-order valence-electron chi connectivity index (χ3n) is 2.97. The minimum absolute atomic E-state index is 0.182. The summed E-state index contributed by atoms with van der Waals surface area (Å²) in [6, 6.07) is 7.50. The van der Waals surface area contributed by atoms with Crippen LogP contribution in [0.25, 0.3) is 4.96 Å². The first kappa shape index (κ1) is 13.4. The smallest absolute Gasteiger partial charge is 0.193 e. The highest BCUT2D eigenvalue weighted by Gasteiger charge is 2.04. The fourth-order valence-electron chi connectivity index (χ4n) is 1.95. The summed E-state index contributed by atoms with van der Waals surface area (Å²) >= 11 is 1.59. The van der Waals surface area contributed by atoms with Gasteiger partial charge in [-0.05, 0) is 17.7 Å². The third kappa shape index (κ3) is 3.14. The van der Waals surface area contributed by atoms with Crippen molar-refractivity contribution in [3.05, 3.63) is 53.3 Å². The van der Waals surface area contributed by atoms with E-state index in [1.54, 1.807) is 11.3 Å². The van der Waals surface area contributed by atoms with Gasteiger partial charge in [-0.1, -0.05) is 17.3 Å². The van der Waals surface area contributed by atoms with Gasteiger partial charge in [-0.2, -0.15) is 0 Å². The molecular formula is C14H14N4O2S. The van der Waals surface area contributed by atoms with Crippen LogP contribution in [-0.4, -0.2) is 20.4 Å². The van der Waals surface area contributed by atoms with Crippen LogP contribution in [0.15, 0.2) is 47.2 Å². The van der Waals surface area contributed by atoms with E-state index in [9.17, 15) is 0 Å². The Kier molecular flexibility index (Phi) is 3.74. The molecule has 0 aliphatic carbocycles. The largest absolute Gasteiger partial charge is 0.487 e. The summed E-state index contributed by atoms with van der Waals surface area (Å²) in [5.41, 5.74) is 7.31. The van der Waals surface area contributed by atoms with Crippen molar-refractivity contribution < 1.29 is 9.94 Å². The Morgan fingerprint density at radius 2 is 2.19 bits per heavy atom. The molecule has 0 fully saturated rings. The molecule has 0 saturated heterocycles. The van der Waals surface area contributed by atoms with Gasteiger partial charge in [0.2, 0.25) is 0 Å². The molecule has 0 unspecified atom stereocenters. The lowest BCUT2D eigenvalue weighted by Crippen LogP contribution is -2.14. The predicted octanol–water partition coefficient (Wildman–Crippen LogP) is 2.26. The van der Waals surface area contributed by atoms with Crippen molar-refractivity contribution in [2.24, 2.45) is 10.9 Å². The number of hydrogen-bond acceptors (Lipinski definition) is 5. The number of aromatic nitrogens is 2. The molecule has 6 nitrogen and oxygen atoms in total. The van der Waals surface area contributed by atoms with Crippen LogP contribution >= 0.6 is 11.3 Å². The van der Waals surface area contributed by atoms with Crippen LogP contribution in [0.2, 0.25) is 0 Å². The monoisotopic (exact) mass is 302 g/mol. The van der Waals surface area contributed by atoms with Crippen LogP contribution in [-0.2, 0) is 13.0 Å². The van der Waals surface area contributed by atoms with Crippen molar-refractivity contribution in [2.45, 2.75) is 13.0 Å². The summed E-state index contributed by atoms with van der Waals surface area (Å²) in [4.78, 5) is 5.41. The fraction of sp³-hybridized carbons (Fsp3) is 0.143. The number of benzene rings is 1. The molecule has 0 aliphatic rings. The van der Waals surface area contributed by atoms with E-state index in [2.05, 4.69) is 10.1 Å². The zero-order valence-electron chi connectivity index (χ0n) is 11.1. The fourth-order valence-corrected chi connectivity index (χ4v) is 2.67. The molecule has 0 spiro atoms. The summed E-state index contributed by atoms with van der Waals surface area (Å²) in [5.74, 6) is 0.941. The minimum atomic E-state index is 0.182. The first-order valence-corrected chi connectivity index (χ1v) is 7.22. The lowest BCUT2D eigenvalue weighted by molar-refractivity contribution is 0.302. The second-order valence-electron chi connectivity index (χ2n) is 4.53. The Bertz CT molecular complexity index is 732. The Balaban J connectivity index is 1.61. The zero-order valence-corrected chi connectivity index (χ0v) is 12.0. The molecule has 108 valence electrons. The summed E-state index contributed by atoms with van der Waals surface area (Å²) < 4.78 is 7.67. The topological polar surface area (TPSA) is 85.1 Å². The lowest BCUT2D eigenvalue weighted by Gasteiger charge is -2.05. The number of thiazole rings is 1.